The summed E-state index contributed by atoms with van der Waals surface area (Å²) in [5.74, 6) is 0.711. The monoisotopic (exact) mass is 237 g/mol. The van der Waals surface area contributed by atoms with Gasteiger partial charge in [0.1, 0.15) is 11.5 Å². The van der Waals surface area contributed by atoms with Crippen molar-refractivity contribution >= 4 is 5.91 Å². The van der Waals surface area contributed by atoms with Gasteiger partial charge in [0.15, 0.2) is 6.61 Å². The molecule has 1 aliphatic heterocycles. The van der Waals surface area contributed by atoms with Crippen molar-refractivity contribution in [1.82, 2.24) is 4.90 Å². The van der Waals surface area contributed by atoms with Crippen LogP contribution in [0.3, 0.4) is 0 Å². The second-order valence-electron chi connectivity index (χ2n) is 3.78. The Morgan fingerprint density at radius 2 is 1.94 bits per heavy atom. The third-order valence-corrected chi connectivity index (χ3v) is 2.56. The molecule has 0 unspecified atom stereocenters. The number of hydrogen-bond donors (Lipinski definition) is 1. The second-order valence-corrected chi connectivity index (χ2v) is 3.78. The molecule has 0 aromatic heterocycles. The summed E-state index contributed by atoms with van der Waals surface area (Å²) in [7, 11) is 0. The third-order valence-electron chi connectivity index (χ3n) is 2.56. The van der Waals surface area contributed by atoms with E-state index in [1.54, 1.807) is 17.0 Å². The number of aromatic hydroxyl groups is 1. The molecule has 17 heavy (non-hydrogen) atoms. The first-order chi connectivity index (χ1) is 8.25. The van der Waals surface area contributed by atoms with Crippen LogP contribution >= 0.6 is 0 Å². The molecule has 1 heterocycles. The van der Waals surface area contributed by atoms with Crippen molar-refractivity contribution in [2.45, 2.75) is 0 Å². The Bertz CT molecular complexity index is 371. The lowest BCUT2D eigenvalue weighted by Gasteiger charge is -2.26. The van der Waals surface area contributed by atoms with Crippen LogP contribution in [0.4, 0.5) is 0 Å². The fraction of sp³-hybridized carbons (Fsp3) is 0.417. The molecule has 1 N–H and O–H groups in total. The van der Waals surface area contributed by atoms with Crippen LogP contribution in [-0.4, -0.2) is 48.8 Å². The molecule has 1 aromatic carbocycles. The van der Waals surface area contributed by atoms with Gasteiger partial charge in [-0.1, -0.05) is 0 Å². The summed E-state index contributed by atoms with van der Waals surface area (Å²) in [6.07, 6.45) is 0. The van der Waals surface area contributed by atoms with E-state index < -0.39 is 0 Å². The summed E-state index contributed by atoms with van der Waals surface area (Å²) in [5, 5.41) is 9.09. The summed E-state index contributed by atoms with van der Waals surface area (Å²) >= 11 is 0. The Balaban J connectivity index is 1.81. The van der Waals surface area contributed by atoms with Crippen molar-refractivity contribution in [2.75, 3.05) is 32.9 Å². The number of hydrogen-bond acceptors (Lipinski definition) is 4. The van der Waals surface area contributed by atoms with Crippen LogP contribution in [0.25, 0.3) is 0 Å². The molecule has 0 saturated carbocycles. The number of benzene rings is 1. The van der Waals surface area contributed by atoms with E-state index in [0.29, 0.717) is 32.1 Å². The smallest absolute Gasteiger partial charge is 0.260 e. The number of carbonyl (C=O) groups is 1. The Kier molecular flexibility index (Phi) is 3.82. The quantitative estimate of drug-likeness (QED) is 0.837. The zero-order valence-corrected chi connectivity index (χ0v) is 9.46. The Labute approximate surface area is 99.6 Å². The van der Waals surface area contributed by atoms with Crippen molar-refractivity contribution < 1.29 is 19.4 Å². The molecule has 1 aliphatic rings. The number of nitrogens with zero attached hydrogens (tertiary/aromatic N) is 1. The summed E-state index contributed by atoms with van der Waals surface area (Å²) in [5.41, 5.74) is 0. The third kappa shape index (κ3) is 3.35. The maximum absolute atomic E-state index is 11.7. The number of phenolic OH excluding ortho intramolecular Hbond substituents is 1. The highest BCUT2D eigenvalue weighted by molar-refractivity contribution is 5.77. The lowest BCUT2D eigenvalue weighted by Crippen LogP contribution is -2.42. The van der Waals surface area contributed by atoms with Gasteiger partial charge in [0.2, 0.25) is 0 Å². The van der Waals surface area contributed by atoms with Crippen molar-refractivity contribution in [1.29, 1.82) is 0 Å². The highest BCUT2D eigenvalue weighted by atomic mass is 16.5. The summed E-state index contributed by atoms with van der Waals surface area (Å²) in [6.45, 7) is 2.44. The molecule has 1 aromatic rings. The molecule has 1 fully saturated rings. The van der Waals surface area contributed by atoms with E-state index in [2.05, 4.69) is 0 Å². The number of morpholine rings is 1. The van der Waals surface area contributed by atoms with Crippen LogP contribution in [0.2, 0.25) is 0 Å². The average Bonchev–Trinajstić information content (AvgIpc) is 2.39. The lowest BCUT2D eigenvalue weighted by molar-refractivity contribution is -0.137. The molecular weight excluding hydrogens is 222 g/mol. The highest BCUT2D eigenvalue weighted by Gasteiger charge is 2.16. The van der Waals surface area contributed by atoms with E-state index in [1.807, 2.05) is 0 Å². The van der Waals surface area contributed by atoms with Gasteiger partial charge in [0, 0.05) is 13.1 Å². The van der Waals surface area contributed by atoms with Crippen LogP contribution < -0.4 is 4.74 Å². The molecule has 1 amide bonds. The Morgan fingerprint density at radius 3 is 2.59 bits per heavy atom. The van der Waals surface area contributed by atoms with E-state index in [-0.39, 0.29) is 18.3 Å². The fourth-order valence-corrected chi connectivity index (χ4v) is 1.59. The number of rotatable bonds is 3. The SMILES string of the molecule is O=C(COc1ccc(O)cc1)N1CCOCC1. The molecule has 2 rings (SSSR count). The van der Waals surface area contributed by atoms with E-state index in [4.69, 9.17) is 14.6 Å². The molecule has 1 saturated heterocycles. The van der Waals surface area contributed by atoms with Gasteiger partial charge in [-0.2, -0.15) is 0 Å². The normalized spacial score (nSPS) is 15.6. The lowest BCUT2D eigenvalue weighted by atomic mass is 10.3. The molecule has 0 bridgehead atoms. The minimum absolute atomic E-state index is 0.0186. The predicted octanol–water partition coefficient (Wildman–Crippen LogP) is 0.630. The average molecular weight is 237 g/mol. The van der Waals surface area contributed by atoms with Gasteiger partial charge in [-0.25, -0.2) is 0 Å². The van der Waals surface area contributed by atoms with Crippen molar-refractivity contribution in [3.8, 4) is 11.5 Å². The Morgan fingerprint density at radius 1 is 1.29 bits per heavy atom. The minimum Gasteiger partial charge on any atom is -0.508 e. The summed E-state index contributed by atoms with van der Waals surface area (Å²) < 4.78 is 10.5. The zero-order chi connectivity index (χ0) is 12.1. The maximum atomic E-state index is 11.7. The summed E-state index contributed by atoms with van der Waals surface area (Å²) in [6, 6.07) is 6.30. The van der Waals surface area contributed by atoms with Gasteiger partial charge in [0.25, 0.3) is 5.91 Å². The second kappa shape index (κ2) is 5.54. The van der Waals surface area contributed by atoms with Gasteiger partial charge < -0.3 is 19.5 Å². The van der Waals surface area contributed by atoms with Gasteiger partial charge >= 0.3 is 0 Å². The number of ether oxygens (including phenoxy) is 2. The molecule has 5 heteroatoms. The highest BCUT2D eigenvalue weighted by Crippen LogP contribution is 2.15. The molecule has 0 aliphatic carbocycles. The van der Waals surface area contributed by atoms with E-state index in [0.717, 1.165) is 0 Å². The standard InChI is InChI=1S/C12H15NO4/c14-10-1-3-11(4-2-10)17-9-12(15)13-5-7-16-8-6-13/h1-4,14H,5-9H2. The largest absolute Gasteiger partial charge is 0.508 e. The van der Waals surface area contributed by atoms with Gasteiger partial charge in [-0.15, -0.1) is 0 Å². The molecule has 0 atom stereocenters. The van der Waals surface area contributed by atoms with E-state index in [1.165, 1.54) is 12.1 Å². The first-order valence-electron chi connectivity index (χ1n) is 5.53. The van der Waals surface area contributed by atoms with Gasteiger partial charge in [0.05, 0.1) is 13.2 Å². The van der Waals surface area contributed by atoms with E-state index >= 15 is 0 Å². The van der Waals surface area contributed by atoms with Crippen LogP contribution in [-0.2, 0) is 9.53 Å². The molecule has 92 valence electrons. The molecule has 0 radical (unpaired) electrons. The molecule has 5 nitrogen and oxygen atoms in total. The zero-order valence-electron chi connectivity index (χ0n) is 9.46. The van der Waals surface area contributed by atoms with Gasteiger partial charge in [-0.3, -0.25) is 4.79 Å². The molecular formula is C12H15NO4. The van der Waals surface area contributed by atoms with Crippen LogP contribution in [0, 0.1) is 0 Å². The maximum Gasteiger partial charge on any atom is 0.260 e. The minimum atomic E-state index is -0.0404. The first-order valence-corrected chi connectivity index (χ1v) is 5.53. The fourth-order valence-electron chi connectivity index (χ4n) is 1.59. The van der Waals surface area contributed by atoms with Crippen molar-refractivity contribution in [3.63, 3.8) is 0 Å². The molecule has 0 spiro atoms. The van der Waals surface area contributed by atoms with Crippen LogP contribution in [0.5, 0.6) is 11.5 Å². The Hall–Kier alpha value is -1.75. The van der Waals surface area contributed by atoms with Crippen molar-refractivity contribution in [3.05, 3.63) is 24.3 Å². The van der Waals surface area contributed by atoms with Crippen LogP contribution in [0.15, 0.2) is 24.3 Å². The predicted molar refractivity (Wildman–Crippen MR) is 61.0 cm³/mol. The van der Waals surface area contributed by atoms with Crippen molar-refractivity contribution in [2.24, 2.45) is 0 Å². The number of amides is 1. The number of phenols is 1. The van der Waals surface area contributed by atoms with Crippen LogP contribution in [0.1, 0.15) is 0 Å². The summed E-state index contributed by atoms with van der Waals surface area (Å²) in [4.78, 5) is 13.5. The first kappa shape index (κ1) is 11.7. The van der Waals surface area contributed by atoms with E-state index in [9.17, 15) is 4.79 Å². The topological polar surface area (TPSA) is 59.0 Å². The van der Waals surface area contributed by atoms with Gasteiger partial charge in [-0.05, 0) is 24.3 Å². The number of carbonyl (C=O) groups excluding carboxylic acids is 1.